The van der Waals surface area contributed by atoms with Gasteiger partial charge >= 0.3 is 0 Å². The molecule has 0 aromatic heterocycles. The van der Waals surface area contributed by atoms with Gasteiger partial charge in [0.05, 0.1) is 0 Å². The van der Waals surface area contributed by atoms with Crippen molar-refractivity contribution in [2.45, 2.75) is 44.9 Å². The average molecular weight is 167 g/mol. The maximum absolute atomic E-state index is 3.53. The molecule has 12 heavy (non-hydrogen) atoms. The molecule has 2 rings (SSSR count). The van der Waals surface area contributed by atoms with Crippen molar-refractivity contribution in [1.82, 2.24) is 5.32 Å². The number of fused-ring (bicyclic) bond motifs is 1. The zero-order valence-corrected chi connectivity index (χ0v) is 8.02. The molecule has 0 radical (unpaired) electrons. The Morgan fingerprint density at radius 2 is 1.50 bits per heavy atom. The van der Waals surface area contributed by atoms with E-state index in [9.17, 15) is 0 Å². The monoisotopic (exact) mass is 167 g/mol. The van der Waals surface area contributed by atoms with Crippen molar-refractivity contribution < 1.29 is 0 Å². The van der Waals surface area contributed by atoms with Gasteiger partial charge in [-0.05, 0) is 37.8 Å². The first-order valence-corrected chi connectivity index (χ1v) is 5.67. The molecule has 0 bridgehead atoms. The zero-order chi connectivity index (χ0) is 8.23. The molecule has 0 aromatic carbocycles. The van der Waals surface area contributed by atoms with Crippen LogP contribution in [0, 0.1) is 11.8 Å². The van der Waals surface area contributed by atoms with Crippen molar-refractivity contribution in [2.75, 3.05) is 13.1 Å². The van der Waals surface area contributed by atoms with Gasteiger partial charge in [0.1, 0.15) is 0 Å². The quantitative estimate of drug-likeness (QED) is 0.584. The first-order valence-electron chi connectivity index (χ1n) is 5.67. The highest BCUT2D eigenvalue weighted by molar-refractivity contribution is 4.79. The van der Waals surface area contributed by atoms with Crippen molar-refractivity contribution >= 4 is 0 Å². The van der Waals surface area contributed by atoms with Crippen molar-refractivity contribution in [3.8, 4) is 0 Å². The molecule has 70 valence electrons. The van der Waals surface area contributed by atoms with E-state index in [0.29, 0.717) is 0 Å². The normalized spacial score (nSPS) is 38.0. The summed E-state index contributed by atoms with van der Waals surface area (Å²) >= 11 is 0. The Balaban J connectivity index is 1.89. The van der Waals surface area contributed by atoms with Crippen molar-refractivity contribution in [3.63, 3.8) is 0 Å². The van der Waals surface area contributed by atoms with Gasteiger partial charge in [0.15, 0.2) is 0 Å². The predicted molar refractivity (Wildman–Crippen MR) is 52.2 cm³/mol. The number of hydrogen-bond donors (Lipinski definition) is 1. The lowest BCUT2D eigenvalue weighted by atomic mass is 9.78. The fourth-order valence-electron chi connectivity index (χ4n) is 2.86. The molecular formula is C11H21N. The number of nitrogens with one attached hydrogen (secondary N) is 1. The summed E-state index contributed by atoms with van der Waals surface area (Å²) < 4.78 is 0. The van der Waals surface area contributed by atoms with Crippen LogP contribution in [0.15, 0.2) is 0 Å². The second-order valence-electron chi connectivity index (χ2n) is 4.50. The lowest BCUT2D eigenvalue weighted by Crippen LogP contribution is -2.37. The molecule has 1 N–H and O–H groups in total. The van der Waals surface area contributed by atoms with Gasteiger partial charge < -0.3 is 5.32 Å². The molecule has 2 aliphatic rings. The first kappa shape index (κ1) is 8.55. The minimum absolute atomic E-state index is 1.03. The molecule has 2 fully saturated rings. The predicted octanol–water partition coefficient (Wildman–Crippen LogP) is 2.57. The number of hydrogen-bond acceptors (Lipinski definition) is 1. The van der Waals surface area contributed by atoms with Crippen LogP contribution in [0.25, 0.3) is 0 Å². The SMILES string of the molecule is C1CCC[C@H]2CNCC[C@H]2CC1. The maximum Gasteiger partial charge on any atom is -0.00179 e. The summed E-state index contributed by atoms with van der Waals surface area (Å²) in [6, 6.07) is 0. The second kappa shape index (κ2) is 4.27. The van der Waals surface area contributed by atoms with Crippen LogP contribution < -0.4 is 5.32 Å². The molecule has 1 saturated carbocycles. The van der Waals surface area contributed by atoms with Crippen molar-refractivity contribution in [2.24, 2.45) is 11.8 Å². The van der Waals surface area contributed by atoms with Gasteiger partial charge in [-0.25, -0.2) is 0 Å². The Bertz CT molecular complexity index is 117. The standard InChI is InChI=1S/C11H21N/c1-2-4-6-11-9-12-8-7-10(11)5-3-1/h10-12H,1-9H2/t10-,11+/m1/s1. The topological polar surface area (TPSA) is 12.0 Å². The molecule has 1 heteroatoms. The van der Waals surface area contributed by atoms with Gasteiger partial charge in [-0.15, -0.1) is 0 Å². The molecule has 0 unspecified atom stereocenters. The van der Waals surface area contributed by atoms with Crippen molar-refractivity contribution in [1.29, 1.82) is 0 Å². The molecule has 0 spiro atoms. The molecule has 0 amide bonds. The van der Waals surface area contributed by atoms with Gasteiger partial charge in [0.2, 0.25) is 0 Å². The third-order valence-electron chi connectivity index (χ3n) is 3.66. The molecular weight excluding hydrogens is 146 g/mol. The van der Waals surface area contributed by atoms with Gasteiger partial charge in [-0.2, -0.15) is 0 Å². The molecule has 1 aliphatic carbocycles. The second-order valence-corrected chi connectivity index (χ2v) is 4.50. The fourth-order valence-corrected chi connectivity index (χ4v) is 2.86. The van der Waals surface area contributed by atoms with Crippen LogP contribution in [0.5, 0.6) is 0 Å². The Hall–Kier alpha value is -0.0400. The van der Waals surface area contributed by atoms with Crippen LogP contribution >= 0.6 is 0 Å². The lowest BCUT2D eigenvalue weighted by Gasteiger charge is -2.33. The third kappa shape index (κ3) is 2.01. The minimum Gasteiger partial charge on any atom is -0.316 e. The van der Waals surface area contributed by atoms with E-state index in [0.717, 1.165) is 11.8 Å². The summed E-state index contributed by atoms with van der Waals surface area (Å²) in [7, 11) is 0. The van der Waals surface area contributed by atoms with E-state index in [-0.39, 0.29) is 0 Å². The Labute approximate surface area is 75.9 Å². The van der Waals surface area contributed by atoms with Gasteiger partial charge in [-0.1, -0.05) is 32.1 Å². The van der Waals surface area contributed by atoms with Crippen LogP contribution in [0.3, 0.4) is 0 Å². The fraction of sp³-hybridized carbons (Fsp3) is 1.00. The van der Waals surface area contributed by atoms with E-state index in [4.69, 9.17) is 0 Å². The first-order chi connectivity index (χ1) is 5.97. The van der Waals surface area contributed by atoms with Gasteiger partial charge in [0.25, 0.3) is 0 Å². The summed E-state index contributed by atoms with van der Waals surface area (Å²) in [6.45, 7) is 2.59. The van der Waals surface area contributed by atoms with E-state index in [1.54, 1.807) is 0 Å². The van der Waals surface area contributed by atoms with Crippen LogP contribution in [0.2, 0.25) is 0 Å². The molecule has 1 heterocycles. The lowest BCUT2D eigenvalue weighted by molar-refractivity contribution is 0.206. The summed E-state index contributed by atoms with van der Waals surface area (Å²) in [6.07, 6.45) is 10.4. The number of rotatable bonds is 0. The molecule has 1 nitrogen and oxygen atoms in total. The van der Waals surface area contributed by atoms with Crippen LogP contribution in [-0.4, -0.2) is 13.1 Å². The third-order valence-corrected chi connectivity index (χ3v) is 3.66. The molecule has 2 atom stereocenters. The van der Waals surface area contributed by atoms with E-state index in [1.165, 1.54) is 58.0 Å². The maximum atomic E-state index is 3.53. The highest BCUT2D eigenvalue weighted by Crippen LogP contribution is 2.31. The molecule has 0 aromatic rings. The smallest absolute Gasteiger partial charge is 0.00179 e. The van der Waals surface area contributed by atoms with Crippen LogP contribution in [0.1, 0.15) is 44.9 Å². The van der Waals surface area contributed by atoms with E-state index >= 15 is 0 Å². The highest BCUT2D eigenvalue weighted by Gasteiger charge is 2.24. The van der Waals surface area contributed by atoms with E-state index in [2.05, 4.69) is 5.32 Å². The largest absolute Gasteiger partial charge is 0.316 e. The van der Waals surface area contributed by atoms with Gasteiger partial charge in [0, 0.05) is 0 Å². The summed E-state index contributed by atoms with van der Waals surface area (Å²) in [5.74, 6) is 2.10. The van der Waals surface area contributed by atoms with E-state index < -0.39 is 0 Å². The Morgan fingerprint density at radius 1 is 0.750 bits per heavy atom. The van der Waals surface area contributed by atoms with Crippen molar-refractivity contribution in [3.05, 3.63) is 0 Å². The summed E-state index contributed by atoms with van der Waals surface area (Å²) in [4.78, 5) is 0. The zero-order valence-electron chi connectivity index (χ0n) is 8.02. The van der Waals surface area contributed by atoms with Crippen LogP contribution in [-0.2, 0) is 0 Å². The Morgan fingerprint density at radius 3 is 2.33 bits per heavy atom. The van der Waals surface area contributed by atoms with E-state index in [1.807, 2.05) is 0 Å². The Kier molecular flexibility index (Phi) is 3.04. The molecule has 1 saturated heterocycles. The minimum atomic E-state index is 1.03. The average Bonchev–Trinajstić information content (AvgIpc) is 2.06. The van der Waals surface area contributed by atoms with Crippen LogP contribution in [0.4, 0.5) is 0 Å². The summed E-state index contributed by atoms with van der Waals surface area (Å²) in [5.41, 5.74) is 0. The highest BCUT2D eigenvalue weighted by atomic mass is 14.9. The molecule has 1 aliphatic heterocycles. The number of piperidine rings is 1. The van der Waals surface area contributed by atoms with Gasteiger partial charge in [-0.3, -0.25) is 0 Å². The summed E-state index contributed by atoms with van der Waals surface area (Å²) in [5, 5.41) is 3.53.